The van der Waals surface area contributed by atoms with Crippen molar-refractivity contribution in [2.45, 2.75) is 64.7 Å². The number of unbranched alkanes of at least 4 members (excludes halogenated alkanes) is 2. The van der Waals surface area contributed by atoms with Crippen LogP contribution in [0.2, 0.25) is 5.02 Å². The highest BCUT2D eigenvalue weighted by Gasteiger charge is 2.28. The summed E-state index contributed by atoms with van der Waals surface area (Å²) >= 11 is 6.30. The Labute approximate surface area is 111 Å². The first-order valence-corrected chi connectivity index (χ1v) is 7.13. The van der Waals surface area contributed by atoms with Gasteiger partial charge in [-0.15, -0.1) is 0 Å². The van der Waals surface area contributed by atoms with E-state index in [9.17, 15) is 0 Å². The lowest BCUT2D eigenvalue weighted by Crippen LogP contribution is -2.24. The molecule has 0 aliphatic heterocycles. The number of rotatable bonds is 7. The summed E-state index contributed by atoms with van der Waals surface area (Å²) in [6.45, 7) is 6.78. The maximum atomic E-state index is 6.30. The Bertz CT molecular complexity index is 327. The highest BCUT2D eigenvalue weighted by Crippen LogP contribution is 2.37. The molecule has 0 atom stereocenters. The maximum absolute atomic E-state index is 6.30. The van der Waals surface area contributed by atoms with Gasteiger partial charge in [0.25, 0.3) is 0 Å². The molecule has 0 unspecified atom stereocenters. The fraction of sp³-hybridized carbons (Fsp3) is 0.667. The largest absolute Gasteiger partial charge is 0.259 e. The third-order valence-corrected chi connectivity index (χ3v) is 3.80. The molecular weight excluding hydrogens is 230 g/mol. The minimum absolute atomic E-state index is 0.143. The van der Waals surface area contributed by atoms with Crippen molar-refractivity contribution in [1.29, 1.82) is 0 Å². The highest BCUT2D eigenvalue weighted by atomic mass is 35.5. The third-order valence-electron chi connectivity index (χ3n) is 3.49. The molecule has 1 nitrogen and oxygen atoms in total. The van der Waals surface area contributed by atoms with E-state index in [2.05, 4.69) is 25.8 Å². The van der Waals surface area contributed by atoms with Crippen LogP contribution in [0.15, 0.2) is 18.3 Å². The predicted molar refractivity (Wildman–Crippen MR) is 75.6 cm³/mol. The molecule has 0 aliphatic rings. The Hall–Kier alpha value is -0.560. The molecule has 1 heterocycles. The van der Waals surface area contributed by atoms with Gasteiger partial charge in [0.05, 0.1) is 10.7 Å². The Morgan fingerprint density at radius 2 is 1.76 bits per heavy atom. The highest BCUT2D eigenvalue weighted by molar-refractivity contribution is 6.31. The first-order valence-electron chi connectivity index (χ1n) is 6.75. The first kappa shape index (κ1) is 14.5. The number of halogens is 1. The zero-order valence-corrected chi connectivity index (χ0v) is 12.1. The van der Waals surface area contributed by atoms with E-state index < -0.39 is 0 Å². The standard InChI is InChI=1S/C15H24ClN/c1-4-6-10-15(3,11-7-5-2)14-13(16)9-8-12-17-14/h8-9,12H,4-7,10-11H2,1-3H3. The number of aromatic nitrogens is 1. The SMILES string of the molecule is CCCCC(C)(CCCC)c1ncccc1Cl. The molecule has 0 aromatic carbocycles. The molecule has 0 saturated heterocycles. The van der Waals surface area contributed by atoms with Crippen molar-refractivity contribution in [3.8, 4) is 0 Å². The summed E-state index contributed by atoms with van der Waals surface area (Å²) in [5, 5.41) is 0.821. The number of pyridine rings is 1. The van der Waals surface area contributed by atoms with Gasteiger partial charge in [-0.2, -0.15) is 0 Å². The van der Waals surface area contributed by atoms with Crippen molar-refractivity contribution in [3.63, 3.8) is 0 Å². The molecule has 1 rings (SSSR count). The van der Waals surface area contributed by atoms with Crippen LogP contribution < -0.4 is 0 Å². The fourth-order valence-corrected chi connectivity index (χ4v) is 2.68. The number of hydrogen-bond acceptors (Lipinski definition) is 1. The van der Waals surface area contributed by atoms with Gasteiger partial charge in [0.15, 0.2) is 0 Å². The minimum Gasteiger partial charge on any atom is -0.259 e. The normalized spacial score (nSPS) is 11.8. The van der Waals surface area contributed by atoms with Crippen molar-refractivity contribution in [2.24, 2.45) is 0 Å². The summed E-state index contributed by atoms with van der Waals surface area (Å²) in [5.74, 6) is 0. The average molecular weight is 254 g/mol. The van der Waals surface area contributed by atoms with E-state index >= 15 is 0 Å². The van der Waals surface area contributed by atoms with Crippen LogP contribution in [0.25, 0.3) is 0 Å². The van der Waals surface area contributed by atoms with Crippen LogP contribution in [0.1, 0.15) is 65.0 Å². The second-order valence-corrected chi connectivity index (χ2v) is 5.51. The second kappa shape index (κ2) is 7.00. The van der Waals surface area contributed by atoms with Gasteiger partial charge in [-0.05, 0) is 25.0 Å². The Kier molecular flexibility index (Phi) is 5.97. The molecule has 0 aliphatic carbocycles. The zero-order valence-electron chi connectivity index (χ0n) is 11.3. The topological polar surface area (TPSA) is 12.9 Å². The molecule has 1 aromatic heterocycles. The Morgan fingerprint density at radius 3 is 2.24 bits per heavy atom. The Balaban J connectivity index is 2.92. The van der Waals surface area contributed by atoms with Gasteiger partial charge >= 0.3 is 0 Å². The summed E-state index contributed by atoms with van der Waals surface area (Å²) in [7, 11) is 0. The molecule has 0 fully saturated rings. The van der Waals surface area contributed by atoms with Crippen LogP contribution in [-0.2, 0) is 5.41 Å². The lowest BCUT2D eigenvalue weighted by Gasteiger charge is -2.30. The number of hydrogen-bond donors (Lipinski definition) is 0. The van der Waals surface area contributed by atoms with Gasteiger partial charge in [0.1, 0.15) is 0 Å². The van der Waals surface area contributed by atoms with Crippen LogP contribution in [0.5, 0.6) is 0 Å². The van der Waals surface area contributed by atoms with Crippen molar-refractivity contribution < 1.29 is 0 Å². The average Bonchev–Trinajstić information content (AvgIpc) is 2.34. The summed E-state index contributed by atoms with van der Waals surface area (Å²) in [6.07, 6.45) is 9.16. The summed E-state index contributed by atoms with van der Waals surface area (Å²) < 4.78 is 0. The lowest BCUT2D eigenvalue weighted by atomic mass is 9.77. The molecule has 1 aromatic rings. The Morgan fingerprint density at radius 1 is 1.18 bits per heavy atom. The molecule has 96 valence electrons. The van der Waals surface area contributed by atoms with Gasteiger partial charge in [-0.1, -0.05) is 58.1 Å². The molecule has 2 heteroatoms. The minimum atomic E-state index is 0.143. The predicted octanol–water partition coefficient (Wildman–Crippen LogP) is 5.37. The summed E-state index contributed by atoms with van der Waals surface area (Å²) in [5.41, 5.74) is 1.23. The number of nitrogens with zero attached hydrogens (tertiary/aromatic N) is 1. The lowest BCUT2D eigenvalue weighted by molar-refractivity contribution is 0.365. The zero-order chi connectivity index (χ0) is 12.7. The molecule has 0 N–H and O–H groups in total. The molecular formula is C15H24ClN. The van der Waals surface area contributed by atoms with Crippen molar-refractivity contribution in [3.05, 3.63) is 29.0 Å². The summed E-state index contributed by atoms with van der Waals surface area (Å²) in [6, 6.07) is 3.87. The quantitative estimate of drug-likeness (QED) is 0.636. The van der Waals surface area contributed by atoms with Crippen molar-refractivity contribution in [1.82, 2.24) is 4.98 Å². The molecule has 0 radical (unpaired) electrons. The third kappa shape index (κ3) is 3.99. The van der Waals surface area contributed by atoms with Gasteiger partial charge in [0, 0.05) is 11.6 Å². The molecule has 0 saturated carbocycles. The summed E-state index contributed by atoms with van der Waals surface area (Å²) in [4.78, 5) is 4.52. The van der Waals surface area contributed by atoms with Gasteiger partial charge in [0.2, 0.25) is 0 Å². The molecule has 0 bridgehead atoms. The van der Waals surface area contributed by atoms with Gasteiger partial charge in [-0.3, -0.25) is 4.98 Å². The van der Waals surface area contributed by atoms with E-state index in [1.807, 2.05) is 18.3 Å². The van der Waals surface area contributed by atoms with E-state index in [4.69, 9.17) is 11.6 Å². The van der Waals surface area contributed by atoms with Gasteiger partial charge in [-0.25, -0.2) is 0 Å². The van der Waals surface area contributed by atoms with E-state index in [-0.39, 0.29) is 5.41 Å². The second-order valence-electron chi connectivity index (χ2n) is 5.10. The van der Waals surface area contributed by atoms with Crippen molar-refractivity contribution in [2.75, 3.05) is 0 Å². The van der Waals surface area contributed by atoms with Crippen LogP contribution >= 0.6 is 11.6 Å². The monoisotopic (exact) mass is 253 g/mol. The van der Waals surface area contributed by atoms with Crippen molar-refractivity contribution >= 4 is 11.6 Å². The van der Waals surface area contributed by atoms with E-state index in [0.717, 1.165) is 10.7 Å². The van der Waals surface area contributed by atoms with E-state index in [1.54, 1.807) is 0 Å². The smallest absolute Gasteiger partial charge is 0.0648 e. The fourth-order valence-electron chi connectivity index (χ4n) is 2.33. The maximum Gasteiger partial charge on any atom is 0.0648 e. The molecule has 0 amide bonds. The van der Waals surface area contributed by atoms with Crippen LogP contribution in [0.4, 0.5) is 0 Å². The molecule has 17 heavy (non-hydrogen) atoms. The van der Waals surface area contributed by atoms with E-state index in [1.165, 1.54) is 38.5 Å². The van der Waals surface area contributed by atoms with Crippen LogP contribution in [-0.4, -0.2) is 4.98 Å². The van der Waals surface area contributed by atoms with Crippen LogP contribution in [0.3, 0.4) is 0 Å². The van der Waals surface area contributed by atoms with Gasteiger partial charge < -0.3 is 0 Å². The molecule has 0 spiro atoms. The van der Waals surface area contributed by atoms with Crippen LogP contribution in [0, 0.1) is 0 Å². The van der Waals surface area contributed by atoms with E-state index in [0.29, 0.717) is 0 Å². The first-order chi connectivity index (χ1) is 8.14.